The van der Waals surface area contributed by atoms with Crippen molar-refractivity contribution < 1.29 is 19.4 Å². The van der Waals surface area contributed by atoms with Crippen LogP contribution in [-0.4, -0.2) is 48.9 Å². The molecule has 0 saturated carbocycles. The first-order chi connectivity index (χ1) is 14.5. The number of nitrogens with one attached hydrogen (secondary N) is 3. The number of hydrogen-bond donors (Lipinski definition) is 3. The van der Waals surface area contributed by atoms with Crippen LogP contribution in [0.3, 0.4) is 0 Å². The summed E-state index contributed by atoms with van der Waals surface area (Å²) in [6.45, 7) is 8.45. The molecule has 7 heteroatoms. The molecular formula is C23H28N4O2S+2. The first-order valence-corrected chi connectivity index (χ1v) is 11.3. The van der Waals surface area contributed by atoms with Crippen molar-refractivity contribution >= 4 is 38.9 Å². The van der Waals surface area contributed by atoms with Gasteiger partial charge >= 0.3 is 0 Å². The molecular weight excluding hydrogens is 396 g/mol. The molecule has 1 aliphatic heterocycles. The van der Waals surface area contributed by atoms with Crippen molar-refractivity contribution in [3.05, 3.63) is 59.1 Å². The number of piperazine rings is 1. The fourth-order valence-corrected chi connectivity index (χ4v) is 5.03. The van der Waals surface area contributed by atoms with Crippen LogP contribution >= 0.6 is 11.3 Å². The van der Waals surface area contributed by atoms with Crippen LogP contribution in [0, 0.1) is 0 Å². The number of fused-ring (bicyclic) bond motifs is 1. The van der Waals surface area contributed by atoms with Crippen molar-refractivity contribution in [2.75, 3.05) is 31.5 Å². The molecule has 0 aliphatic carbocycles. The van der Waals surface area contributed by atoms with E-state index in [1.807, 2.05) is 19.1 Å². The summed E-state index contributed by atoms with van der Waals surface area (Å²) in [6.07, 6.45) is 0. The first-order valence-electron chi connectivity index (χ1n) is 10.4. The van der Waals surface area contributed by atoms with E-state index in [9.17, 15) is 9.59 Å². The van der Waals surface area contributed by atoms with Gasteiger partial charge in [0, 0.05) is 11.3 Å². The summed E-state index contributed by atoms with van der Waals surface area (Å²) >= 11 is 1.78. The highest BCUT2D eigenvalue weighted by Crippen LogP contribution is 2.20. The second-order valence-electron chi connectivity index (χ2n) is 8.01. The fraction of sp³-hybridized carbons (Fsp3) is 0.348. The molecule has 0 spiro atoms. The zero-order chi connectivity index (χ0) is 21.1. The van der Waals surface area contributed by atoms with Gasteiger partial charge in [0.05, 0.1) is 10.2 Å². The number of para-hydroxylation sites is 1. The monoisotopic (exact) mass is 424 g/mol. The van der Waals surface area contributed by atoms with Crippen molar-refractivity contribution in [3.63, 3.8) is 0 Å². The van der Waals surface area contributed by atoms with Gasteiger partial charge in [-0.3, -0.25) is 9.59 Å². The Kier molecular flexibility index (Phi) is 6.22. The zero-order valence-electron chi connectivity index (χ0n) is 17.4. The summed E-state index contributed by atoms with van der Waals surface area (Å²) in [6, 6.07) is 15.3. The zero-order valence-corrected chi connectivity index (χ0v) is 18.2. The molecule has 0 bridgehead atoms. The van der Waals surface area contributed by atoms with E-state index in [-0.39, 0.29) is 17.7 Å². The van der Waals surface area contributed by atoms with Crippen LogP contribution in [0.4, 0.5) is 5.69 Å². The third-order valence-electron chi connectivity index (χ3n) is 5.88. The third-order valence-corrected chi connectivity index (χ3v) is 6.92. The van der Waals surface area contributed by atoms with E-state index in [2.05, 4.69) is 23.5 Å². The van der Waals surface area contributed by atoms with Gasteiger partial charge in [0.1, 0.15) is 37.7 Å². The van der Waals surface area contributed by atoms with Crippen molar-refractivity contribution in [1.82, 2.24) is 4.98 Å². The number of thiazole rings is 1. The predicted octanol–water partition coefficient (Wildman–Crippen LogP) is 0.810. The average Bonchev–Trinajstić information content (AvgIpc) is 3.16. The Bertz CT molecular complexity index is 1020. The molecule has 30 heavy (non-hydrogen) atoms. The fourth-order valence-electron chi connectivity index (χ4n) is 4.00. The van der Waals surface area contributed by atoms with Crippen molar-refractivity contribution in [1.29, 1.82) is 0 Å². The number of amides is 1. The van der Waals surface area contributed by atoms with E-state index in [0.717, 1.165) is 38.2 Å². The van der Waals surface area contributed by atoms with Crippen molar-refractivity contribution in [3.8, 4) is 0 Å². The van der Waals surface area contributed by atoms with E-state index in [1.54, 1.807) is 29.5 Å². The SMILES string of the molecule is CC(=O)c1cccc(NC(=O)[C@@H](C)[NH+]2CC[NH+](Cc3nc4ccccc4s3)CC2)c1. The summed E-state index contributed by atoms with van der Waals surface area (Å²) in [5.41, 5.74) is 2.37. The van der Waals surface area contributed by atoms with Crippen LogP contribution < -0.4 is 15.1 Å². The highest BCUT2D eigenvalue weighted by molar-refractivity contribution is 7.18. The molecule has 1 atom stereocenters. The van der Waals surface area contributed by atoms with Gasteiger partial charge in [-0.1, -0.05) is 24.3 Å². The number of aromatic nitrogens is 1. The lowest BCUT2D eigenvalue weighted by atomic mass is 10.1. The average molecular weight is 425 g/mol. The van der Waals surface area contributed by atoms with Crippen LogP contribution in [0.2, 0.25) is 0 Å². The summed E-state index contributed by atoms with van der Waals surface area (Å²) in [5, 5.41) is 4.16. The maximum absolute atomic E-state index is 12.7. The maximum atomic E-state index is 12.7. The number of Topliss-reactive ketones (excluding diaryl/α,β-unsaturated/α-hetero) is 1. The molecule has 2 heterocycles. The molecule has 1 amide bonds. The Morgan fingerprint density at radius 3 is 2.60 bits per heavy atom. The topological polar surface area (TPSA) is 67.9 Å². The lowest BCUT2D eigenvalue weighted by Crippen LogP contribution is -3.29. The largest absolute Gasteiger partial charge is 0.321 e. The molecule has 1 aromatic heterocycles. The van der Waals surface area contributed by atoms with E-state index < -0.39 is 0 Å². The van der Waals surface area contributed by atoms with Crippen molar-refractivity contribution in [2.24, 2.45) is 0 Å². The van der Waals surface area contributed by atoms with Crippen LogP contribution in [0.15, 0.2) is 48.5 Å². The van der Waals surface area contributed by atoms with Gasteiger partial charge in [0.15, 0.2) is 11.8 Å². The Morgan fingerprint density at radius 2 is 1.87 bits per heavy atom. The van der Waals surface area contributed by atoms with Crippen LogP contribution in [0.5, 0.6) is 0 Å². The van der Waals surface area contributed by atoms with Crippen molar-refractivity contribution in [2.45, 2.75) is 26.4 Å². The minimum atomic E-state index is -0.130. The number of nitrogens with zero attached hydrogens (tertiary/aromatic N) is 1. The third kappa shape index (κ3) is 4.75. The van der Waals surface area contributed by atoms with Crippen LogP contribution in [-0.2, 0) is 11.3 Å². The molecule has 3 N–H and O–H groups in total. The quantitative estimate of drug-likeness (QED) is 0.513. The molecule has 1 fully saturated rings. The molecule has 0 unspecified atom stereocenters. The molecule has 4 rings (SSSR count). The number of anilines is 1. The Labute approximate surface area is 180 Å². The Balaban J connectivity index is 1.30. The minimum Gasteiger partial charge on any atom is -0.321 e. The second kappa shape index (κ2) is 9.04. The highest BCUT2D eigenvalue weighted by atomic mass is 32.1. The number of quaternary nitrogens is 2. The lowest BCUT2D eigenvalue weighted by Gasteiger charge is -2.32. The second-order valence-corrected chi connectivity index (χ2v) is 9.12. The minimum absolute atomic E-state index is 0.000301. The lowest BCUT2D eigenvalue weighted by molar-refractivity contribution is -1.02. The normalized spacial score (nSPS) is 20.1. The molecule has 156 valence electrons. The van der Waals surface area contributed by atoms with Crippen LogP contribution in [0.25, 0.3) is 10.2 Å². The highest BCUT2D eigenvalue weighted by Gasteiger charge is 2.31. The molecule has 6 nitrogen and oxygen atoms in total. The van der Waals surface area contributed by atoms with Gasteiger partial charge in [0.25, 0.3) is 5.91 Å². The standard InChI is InChI=1S/C23H26N4O2S/c1-16(23(29)24-19-7-5-6-18(14-19)17(2)28)27-12-10-26(11-13-27)15-22-25-20-8-3-4-9-21(20)30-22/h3-9,14,16H,10-13,15H2,1-2H3,(H,24,29)/p+2/t16-/m1/s1. The van der Waals surface area contributed by atoms with Gasteiger partial charge in [-0.2, -0.15) is 0 Å². The van der Waals surface area contributed by atoms with E-state index in [0.29, 0.717) is 11.3 Å². The maximum Gasteiger partial charge on any atom is 0.282 e. The molecule has 1 saturated heterocycles. The summed E-state index contributed by atoms with van der Waals surface area (Å²) in [4.78, 5) is 31.9. The number of carbonyl (C=O) groups is 2. The van der Waals surface area contributed by atoms with Gasteiger partial charge in [-0.05, 0) is 38.1 Å². The Morgan fingerprint density at radius 1 is 1.10 bits per heavy atom. The smallest absolute Gasteiger partial charge is 0.282 e. The molecule has 3 aromatic rings. The van der Waals surface area contributed by atoms with Gasteiger partial charge in [0.2, 0.25) is 0 Å². The number of rotatable bonds is 6. The Hall–Kier alpha value is -2.61. The number of hydrogen-bond acceptors (Lipinski definition) is 4. The summed E-state index contributed by atoms with van der Waals surface area (Å²) in [7, 11) is 0. The van der Waals surface area contributed by atoms with E-state index in [4.69, 9.17) is 4.98 Å². The molecule has 2 aromatic carbocycles. The number of benzene rings is 2. The van der Waals surface area contributed by atoms with Gasteiger partial charge < -0.3 is 15.1 Å². The predicted molar refractivity (Wildman–Crippen MR) is 119 cm³/mol. The van der Waals surface area contributed by atoms with Gasteiger partial charge in [-0.15, -0.1) is 11.3 Å². The van der Waals surface area contributed by atoms with E-state index >= 15 is 0 Å². The summed E-state index contributed by atoms with van der Waals surface area (Å²) < 4.78 is 1.25. The first kappa shape index (κ1) is 20.7. The summed E-state index contributed by atoms with van der Waals surface area (Å²) in [5.74, 6) is -0.00248. The molecule has 0 radical (unpaired) electrons. The van der Waals surface area contributed by atoms with Gasteiger partial charge in [-0.25, -0.2) is 4.98 Å². The molecule has 1 aliphatic rings. The van der Waals surface area contributed by atoms with E-state index in [1.165, 1.54) is 26.4 Å². The number of carbonyl (C=O) groups excluding carboxylic acids is 2. The number of ketones is 1. The van der Waals surface area contributed by atoms with Crippen LogP contribution in [0.1, 0.15) is 29.2 Å².